The number of aromatic nitrogens is 2. The number of sulfonamides is 1. The summed E-state index contributed by atoms with van der Waals surface area (Å²) in [5.41, 5.74) is 2.64. The zero-order valence-corrected chi connectivity index (χ0v) is 11.2. The van der Waals surface area contributed by atoms with Crippen LogP contribution in [-0.2, 0) is 29.4 Å². The lowest BCUT2D eigenvalue weighted by Crippen LogP contribution is -2.30. The summed E-state index contributed by atoms with van der Waals surface area (Å²) in [6.45, 7) is 1.09. The van der Waals surface area contributed by atoms with E-state index in [0.717, 1.165) is 25.7 Å². The van der Waals surface area contributed by atoms with E-state index in [4.69, 9.17) is 0 Å². The molecule has 1 aromatic rings. The van der Waals surface area contributed by atoms with Gasteiger partial charge in [-0.3, -0.25) is 4.68 Å². The second-order valence-corrected chi connectivity index (χ2v) is 7.23. The minimum absolute atomic E-state index is 0.135. The SMILES string of the molecule is O=S(=O)(NCCn1ncc2c1CCCC2)C1CC1. The van der Waals surface area contributed by atoms with Gasteiger partial charge < -0.3 is 0 Å². The normalized spacial score (nSPS) is 19.8. The van der Waals surface area contributed by atoms with Gasteiger partial charge in [-0.1, -0.05) is 0 Å². The summed E-state index contributed by atoms with van der Waals surface area (Å²) in [4.78, 5) is 0. The van der Waals surface area contributed by atoms with E-state index in [9.17, 15) is 8.42 Å². The highest BCUT2D eigenvalue weighted by Gasteiger charge is 2.35. The van der Waals surface area contributed by atoms with Gasteiger partial charge in [0.05, 0.1) is 18.0 Å². The first kappa shape index (κ1) is 12.2. The minimum atomic E-state index is -3.05. The van der Waals surface area contributed by atoms with Gasteiger partial charge in [-0.25, -0.2) is 13.1 Å². The van der Waals surface area contributed by atoms with Crippen LogP contribution < -0.4 is 4.72 Å². The lowest BCUT2D eigenvalue weighted by atomic mass is 9.98. The van der Waals surface area contributed by atoms with E-state index < -0.39 is 10.0 Å². The summed E-state index contributed by atoms with van der Waals surface area (Å²) in [6.07, 6.45) is 8.20. The lowest BCUT2D eigenvalue weighted by Gasteiger charge is -2.14. The van der Waals surface area contributed by atoms with Crippen molar-refractivity contribution in [1.82, 2.24) is 14.5 Å². The number of rotatable bonds is 5. The zero-order valence-electron chi connectivity index (χ0n) is 10.4. The van der Waals surface area contributed by atoms with Crippen molar-refractivity contribution < 1.29 is 8.42 Å². The Bertz CT molecular complexity index is 532. The third kappa shape index (κ3) is 2.44. The first-order valence-corrected chi connectivity index (χ1v) is 8.23. The van der Waals surface area contributed by atoms with Crippen molar-refractivity contribution in [3.05, 3.63) is 17.5 Å². The molecule has 2 aliphatic carbocycles. The van der Waals surface area contributed by atoms with Crippen LogP contribution in [0.25, 0.3) is 0 Å². The van der Waals surface area contributed by atoms with Crippen LogP contribution >= 0.6 is 0 Å². The fourth-order valence-electron chi connectivity index (χ4n) is 2.54. The standard InChI is InChI=1S/C12H19N3O2S/c16-18(17,11-5-6-11)14-7-8-15-12-4-2-1-3-10(12)9-13-15/h9,11,14H,1-8H2. The molecule has 0 unspecified atom stereocenters. The molecule has 3 rings (SSSR count). The Hall–Kier alpha value is -0.880. The zero-order chi connectivity index (χ0) is 12.6. The van der Waals surface area contributed by atoms with Gasteiger partial charge in [0.15, 0.2) is 0 Å². The van der Waals surface area contributed by atoms with Crippen LogP contribution in [0.2, 0.25) is 0 Å². The molecule has 0 bridgehead atoms. The molecule has 1 saturated carbocycles. The van der Waals surface area contributed by atoms with E-state index in [2.05, 4.69) is 9.82 Å². The molecular formula is C12H19N3O2S. The Kier molecular flexibility index (Phi) is 3.15. The Balaban J connectivity index is 1.58. The molecule has 5 nitrogen and oxygen atoms in total. The fourth-order valence-corrected chi connectivity index (χ4v) is 3.91. The van der Waals surface area contributed by atoms with Crippen molar-refractivity contribution in [1.29, 1.82) is 0 Å². The van der Waals surface area contributed by atoms with Crippen LogP contribution in [0, 0.1) is 0 Å². The maximum Gasteiger partial charge on any atom is 0.214 e. The van der Waals surface area contributed by atoms with Crippen molar-refractivity contribution in [3.8, 4) is 0 Å². The van der Waals surface area contributed by atoms with Crippen molar-refractivity contribution in [2.24, 2.45) is 0 Å². The third-order valence-corrected chi connectivity index (χ3v) is 5.69. The van der Waals surface area contributed by atoms with Crippen LogP contribution in [0.15, 0.2) is 6.20 Å². The predicted octanol–water partition coefficient (Wildman–Crippen LogP) is 0.844. The highest BCUT2D eigenvalue weighted by molar-refractivity contribution is 7.90. The maximum atomic E-state index is 11.7. The summed E-state index contributed by atoms with van der Waals surface area (Å²) in [6, 6.07) is 0. The Morgan fingerprint density at radius 3 is 2.89 bits per heavy atom. The number of aryl methyl sites for hydroxylation is 1. The summed E-state index contributed by atoms with van der Waals surface area (Å²) in [7, 11) is -3.05. The van der Waals surface area contributed by atoms with Gasteiger partial charge in [-0.15, -0.1) is 0 Å². The summed E-state index contributed by atoms with van der Waals surface area (Å²) < 4.78 is 28.0. The third-order valence-electron chi connectivity index (χ3n) is 3.73. The van der Waals surface area contributed by atoms with Crippen LogP contribution in [-0.4, -0.2) is 30.0 Å². The van der Waals surface area contributed by atoms with Gasteiger partial charge >= 0.3 is 0 Å². The maximum absolute atomic E-state index is 11.7. The van der Waals surface area contributed by atoms with E-state index in [0.29, 0.717) is 13.1 Å². The first-order chi connectivity index (χ1) is 8.67. The van der Waals surface area contributed by atoms with Gasteiger partial charge in [0, 0.05) is 12.2 Å². The molecule has 0 amide bonds. The molecule has 18 heavy (non-hydrogen) atoms. The molecular weight excluding hydrogens is 250 g/mol. The monoisotopic (exact) mass is 269 g/mol. The van der Waals surface area contributed by atoms with Crippen LogP contribution in [0.4, 0.5) is 0 Å². The minimum Gasteiger partial charge on any atom is -0.268 e. The molecule has 0 spiro atoms. The summed E-state index contributed by atoms with van der Waals surface area (Å²) >= 11 is 0. The molecule has 2 aliphatic rings. The lowest BCUT2D eigenvalue weighted by molar-refractivity contribution is 0.538. The Labute approximate surface area is 108 Å². The first-order valence-electron chi connectivity index (χ1n) is 6.69. The van der Waals surface area contributed by atoms with Crippen molar-refractivity contribution >= 4 is 10.0 Å². The van der Waals surface area contributed by atoms with Gasteiger partial charge in [-0.2, -0.15) is 5.10 Å². The van der Waals surface area contributed by atoms with Gasteiger partial charge in [0.2, 0.25) is 10.0 Å². The number of hydrogen-bond donors (Lipinski definition) is 1. The van der Waals surface area contributed by atoms with Gasteiger partial charge in [0.25, 0.3) is 0 Å². The highest BCUT2D eigenvalue weighted by atomic mass is 32.2. The largest absolute Gasteiger partial charge is 0.268 e. The highest BCUT2D eigenvalue weighted by Crippen LogP contribution is 2.27. The molecule has 1 N–H and O–H groups in total. The molecule has 1 aromatic heterocycles. The predicted molar refractivity (Wildman–Crippen MR) is 68.8 cm³/mol. The number of nitrogens with one attached hydrogen (secondary N) is 1. The van der Waals surface area contributed by atoms with Crippen molar-refractivity contribution in [3.63, 3.8) is 0 Å². The topological polar surface area (TPSA) is 64.0 Å². The average molecular weight is 269 g/mol. The second kappa shape index (κ2) is 4.66. The van der Waals surface area contributed by atoms with Crippen molar-refractivity contribution in [2.75, 3.05) is 6.54 Å². The number of fused-ring (bicyclic) bond motifs is 1. The molecule has 0 aliphatic heterocycles. The van der Waals surface area contributed by atoms with Crippen molar-refractivity contribution in [2.45, 2.75) is 50.3 Å². The van der Waals surface area contributed by atoms with Crippen LogP contribution in [0.5, 0.6) is 0 Å². The second-order valence-electron chi connectivity index (χ2n) is 5.19. The van der Waals surface area contributed by atoms with Crippen LogP contribution in [0.3, 0.4) is 0 Å². The quantitative estimate of drug-likeness (QED) is 0.861. The van der Waals surface area contributed by atoms with Gasteiger partial charge in [0.1, 0.15) is 0 Å². The van der Waals surface area contributed by atoms with E-state index in [1.165, 1.54) is 24.1 Å². The van der Waals surface area contributed by atoms with E-state index in [1.807, 2.05) is 10.9 Å². The Morgan fingerprint density at radius 2 is 2.11 bits per heavy atom. The van der Waals surface area contributed by atoms with E-state index >= 15 is 0 Å². The van der Waals surface area contributed by atoms with E-state index in [1.54, 1.807) is 0 Å². The van der Waals surface area contributed by atoms with E-state index in [-0.39, 0.29) is 5.25 Å². The summed E-state index contributed by atoms with van der Waals surface area (Å²) in [5, 5.41) is 4.22. The molecule has 6 heteroatoms. The molecule has 0 aromatic carbocycles. The van der Waals surface area contributed by atoms with Crippen LogP contribution in [0.1, 0.15) is 36.9 Å². The number of hydrogen-bond acceptors (Lipinski definition) is 3. The average Bonchev–Trinajstić information content (AvgIpc) is 3.14. The molecule has 0 saturated heterocycles. The van der Waals surface area contributed by atoms with Gasteiger partial charge in [-0.05, 0) is 44.1 Å². The fraction of sp³-hybridized carbons (Fsp3) is 0.750. The molecule has 0 atom stereocenters. The number of nitrogens with zero attached hydrogens (tertiary/aromatic N) is 2. The molecule has 1 heterocycles. The smallest absolute Gasteiger partial charge is 0.214 e. The Morgan fingerprint density at radius 1 is 1.33 bits per heavy atom. The molecule has 1 fully saturated rings. The molecule has 0 radical (unpaired) electrons. The summed E-state index contributed by atoms with van der Waals surface area (Å²) in [5.74, 6) is 0. The molecule has 100 valence electrons.